The van der Waals surface area contributed by atoms with Crippen LogP contribution in [0.2, 0.25) is 0 Å². The fourth-order valence-electron chi connectivity index (χ4n) is 2.37. The van der Waals surface area contributed by atoms with Crippen LogP contribution in [0, 0.1) is 11.6 Å². The van der Waals surface area contributed by atoms with Gasteiger partial charge < -0.3 is 9.64 Å². The first-order chi connectivity index (χ1) is 10.2. The Bertz CT molecular complexity index is 646. The second-order valence-electron chi connectivity index (χ2n) is 4.73. The molecule has 1 aliphatic heterocycles. The monoisotopic (exact) mass is 293 g/mol. The molecule has 2 heterocycles. The van der Waals surface area contributed by atoms with E-state index in [1.807, 2.05) is 0 Å². The molecule has 1 N–H and O–H groups in total. The minimum absolute atomic E-state index is 0.276. The predicted molar refractivity (Wildman–Crippen MR) is 69.5 cm³/mol. The molecular weight excluding hydrogens is 280 g/mol. The molecule has 7 heteroatoms. The highest BCUT2D eigenvalue weighted by molar-refractivity contribution is 5.94. The molecular formula is C14H13F2N3O2. The molecule has 0 radical (unpaired) electrons. The largest absolute Gasteiger partial charge is 0.377 e. The van der Waals surface area contributed by atoms with Gasteiger partial charge in [-0.25, -0.2) is 8.78 Å². The smallest absolute Gasteiger partial charge is 0.257 e. The number of carbonyl (C=O) groups is 1. The molecule has 1 saturated heterocycles. The number of hydrogen-bond donors (Lipinski definition) is 1. The average Bonchev–Trinajstić information content (AvgIpc) is 3.03. The molecule has 1 aliphatic rings. The van der Waals surface area contributed by atoms with Gasteiger partial charge in [0.15, 0.2) is 0 Å². The molecule has 1 aromatic carbocycles. The van der Waals surface area contributed by atoms with E-state index in [9.17, 15) is 13.6 Å². The SMILES string of the molecule is O=C(c1cc(F)ccc1F)N1CCOC[C@H]1c1ccn[nH]1. The second-order valence-corrected chi connectivity index (χ2v) is 4.73. The summed E-state index contributed by atoms with van der Waals surface area (Å²) in [6.45, 7) is 0.941. The maximum Gasteiger partial charge on any atom is 0.257 e. The highest BCUT2D eigenvalue weighted by Gasteiger charge is 2.31. The van der Waals surface area contributed by atoms with E-state index in [1.165, 1.54) is 4.90 Å². The van der Waals surface area contributed by atoms with Crippen LogP contribution in [-0.4, -0.2) is 40.8 Å². The van der Waals surface area contributed by atoms with E-state index in [0.29, 0.717) is 18.8 Å². The lowest BCUT2D eigenvalue weighted by molar-refractivity contribution is -0.00416. The number of amides is 1. The lowest BCUT2D eigenvalue weighted by Gasteiger charge is -2.35. The standard InChI is InChI=1S/C14H13F2N3O2/c15-9-1-2-11(16)10(7-9)14(20)19-5-6-21-8-13(19)12-3-4-17-18-12/h1-4,7,13H,5-6,8H2,(H,17,18)/t13-/m0/s1. The third-order valence-electron chi connectivity index (χ3n) is 3.43. The zero-order valence-corrected chi connectivity index (χ0v) is 11.1. The summed E-state index contributed by atoms with van der Waals surface area (Å²) < 4.78 is 32.4. The van der Waals surface area contributed by atoms with Crippen molar-refractivity contribution in [2.75, 3.05) is 19.8 Å². The summed E-state index contributed by atoms with van der Waals surface area (Å²) in [4.78, 5) is 14.0. The Labute approximate surface area is 119 Å². The second kappa shape index (κ2) is 5.61. The van der Waals surface area contributed by atoms with E-state index in [0.717, 1.165) is 18.2 Å². The van der Waals surface area contributed by atoms with Crippen LogP contribution in [0.3, 0.4) is 0 Å². The number of halogens is 2. The van der Waals surface area contributed by atoms with Crippen molar-refractivity contribution in [2.45, 2.75) is 6.04 Å². The summed E-state index contributed by atoms with van der Waals surface area (Å²) in [6.07, 6.45) is 1.56. The van der Waals surface area contributed by atoms with Crippen molar-refractivity contribution < 1.29 is 18.3 Å². The summed E-state index contributed by atoms with van der Waals surface area (Å²) in [5.41, 5.74) is 0.418. The lowest BCUT2D eigenvalue weighted by Crippen LogP contribution is -2.43. The Morgan fingerprint density at radius 2 is 2.24 bits per heavy atom. The van der Waals surface area contributed by atoms with E-state index in [2.05, 4.69) is 10.2 Å². The Morgan fingerprint density at radius 1 is 1.38 bits per heavy atom. The Morgan fingerprint density at radius 3 is 3.00 bits per heavy atom. The molecule has 1 atom stereocenters. The topological polar surface area (TPSA) is 58.2 Å². The predicted octanol–water partition coefficient (Wildman–Crippen LogP) is 1.90. The van der Waals surface area contributed by atoms with E-state index < -0.39 is 23.6 Å². The number of morpholine rings is 1. The Kier molecular flexibility index (Phi) is 3.66. The Hall–Kier alpha value is -2.28. The Balaban J connectivity index is 1.93. The molecule has 110 valence electrons. The molecule has 0 saturated carbocycles. The summed E-state index contributed by atoms with van der Waals surface area (Å²) in [5.74, 6) is -1.95. The molecule has 1 fully saturated rings. The number of aromatic nitrogens is 2. The van der Waals surface area contributed by atoms with Gasteiger partial charge >= 0.3 is 0 Å². The van der Waals surface area contributed by atoms with Crippen LogP contribution in [0.15, 0.2) is 30.5 Å². The first kappa shape index (κ1) is 13.7. The third-order valence-corrected chi connectivity index (χ3v) is 3.43. The number of benzene rings is 1. The van der Waals surface area contributed by atoms with Gasteiger partial charge in [0.25, 0.3) is 5.91 Å². The maximum absolute atomic E-state index is 13.8. The first-order valence-corrected chi connectivity index (χ1v) is 6.50. The quantitative estimate of drug-likeness (QED) is 0.920. The number of aromatic amines is 1. The number of H-pyrrole nitrogens is 1. The minimum Gasteiger partial charge on any atom is -0.377 e. The molecule has 0 spiro atoms. The molecule has 1 aromatic heterocycles. The number of carbonyl (C=O) groups excluding carboxylic acids is 1. The molecule has 0 bridgehead atoms. The van der Waals surface area contributed by atoms with Crippen molar-refractivity contribution in [2.24, 2.45) is 0 Å². The van der Waals surface area contributed by atoms with Gasteiger partial charge in [-0.3, -0.25) is 9.89 Å². The summed E-state index contributed by atoms with van der Waals surface area (Å²) >= 11 is 0. The normalized spacial score (nSPS) is 18.8. The fraction of sp³-hybridized carbons (Fsp3) is 0.286. The van der Waals surface area contributed by atoms with Crippen LogP contribution in [0.5, 0.6) is 0 Å². The van der Waals surface area contributed by atoms with Gasteiger partial charge in [-0.1, -0.05) is 0 Å². The van der Waals surface area contributed by atoms with Gasteiger partial charge in [-0.15, -0.1) is 0 Å². The minimum atomic E-state index is -0.740. The third kappa shape index (κ3) is 2.64. The molecule has 3 rings (SSSR count). The van der Waals surface area contributed by atoms with Crippen molar-refractivity contribution in [1.29, 1.82) is 0 Å². The zero-order valence-electron chi connectivity index (χ0n) is 11.1. The average molecular weight is 293 g/mol. The fourth-order valence-corrected chi connectivity index (χ4v) is 2.37. The molecule has 2 aromatic rings. The van der Waals surface area contributed by atoms with E-state index in [-0.39, 0.29) is 12.2 Å². The van der Waals surface area contributed by atoms with E-state index >= 15 is 0 Å². The number of nitrogens with one attached hydrogen (secondary N) is 1. The van der Waals surface area contributed by atoms with Crippen molar-refractivity contribution in [3.05, 3.63) is 53.4 Å². The van der Waals surface area contributed by atoms with Gasteiger partial charge in [0.1, 0.15) is 11.6 Å². The summed E-state index contributed by atoms with van der Waals surface area (Å²) in [7, 11) is 0. The van der Waals surface area contributed by atoms with Gasteiger partial charge in [0.2, 0.25) is 0 Å². The highest BCUT2D eigenvalue weighted by Crippen LogP contribution is 2.25. The van der Waals surface area contributed by atoms with Gasteiger partial charge in [-0.2, -0.15) is 5.10 Å². The summed E-state index contributed by atoms with van der Waals surface area (Å²) in [5, 5.41) is 6.62. The molecule has 0 aliphatic carbocycles. The van der Waals surface area contributed by atoms with Gasteiger partial charge in [0.05, 0.1) is 30.5 Å². The van der Waals surface area contributed by atoms with Crippen LogP contribution in [0.4, 0.5) is 8.78 Å². The molecule has 21 heavy (non-hydrogen) atoms. The van der Waals surface area contributed by atoms with Crippen LogP contribution < -0.4 is 0 Å². The number of ether oxygens (including phenoxy) is 1. The van der Waals surface area contributed by atoms with Crippen LogP contribution in [0.1, 0.15) is 22.1 Å². The molecule has 1 amide bonds. The zero-order chi connectivity index (χ0) is 14.8. The number of nitrogens with zero attached hydrogens (tertiary/aromatic N) is 2. The van der Waals surface area contributed by atoms with Crippen molar-refractivity contribution in [1.82, 2.24) is 15.1 Å². The van der Waals surface area contributed by atoms with Crippen LogP contribution >= 0.6 is 0 Å². The van der Waals surface area contributed by atoms with Crippen molar-refractivity contribution in [3.8, 4) is 0 Å². The summed E-state index contributed by atoms with van der Waals surface area (Å²) in [6, 6.07) is 4.18. The highest BCUT2D eigenvalue weighted by atomic mass is 19.1. The van der Waals surface area contributed by atoms with E-state index in [4.69, 9.17) is 4.74 Å². The number of hydrogen-bond acceptors (Lipinski definition) is 3. The van der Waals surface area contributed by atoms with Crippen molar-refractivity contribution >= 4 is 5.91 Å². The van der Waals surface area contributed by atoms with Crippen LogP contribution in [-0.2, 0) is 4.74 Å². The van der Waals surface area contributed by atoms with Gasteiger partial charge in [-0.05, 0) is 24.3 Å². The van der Waals surface area contributed by atoms with Crippen LogP contribution in [0.25, 0.3) is 0 Å². The maximum atomic E-state index is 13.8. The number of rotatable bonds is 2. The molecule has 5 nitrogen and oxygen atoms in total. The first-order valence-electron chi connectivity index (χ1n) is 6.50. The molecule has 0 unspecified atom stereocenters. The van der Waals surface area contributed by atoms with Gasteiger partial charge in [0, 0.05) is 12.7 Å². The van der Waals surface area contributed by atoms with Crippen molar-refractivity contribution in [3.63, 3.8) is 0 Å². The lowest BCUT2D eigenvalue weighted by atomic mass is 10.1. The van der Waals surface area contributed by atoms with E-state index in [1.54, 1.807) is 12.3 Å².